The van der Waals surface area contributed by atoms with Crippen LogP contribution in [0.3, 0.4) is 0 Å². The summed E-state index contributed by atoms with van der Waals surface area (Å²) in [7, 11) is -3.39. The average Bonchev–Trinajstić information content (AvgIpc) is 2.76. The lowest BCUT2D eigenvalue weighted by molar-refractivity contribution is -0.117. The van der Waals surface area contributed by atoms with Crippen molar-refractivity contribution < 1.29 is 13.2 Å². The van der Waals surface area contributed by atoms with Crippen LogP contribution in [0.5, 0.6) is 0 Å². The third-order valence-corrected chi connectivity index (χ3v) is 8.56. The Labute approximate surface area is 196 Å². The average molecular weight is 475 g/mol. The molecule has 0 spiro atoms. The number of benzene rings is 2. The molecule has 0 radical (unpaired) electrons. The Morgan fingerprint density at radius 3 is 2.44 bits per heavy atom. The molecule has 7 heteroatoms. The molecule has 4 atom stereocenters. The largest absolute Gasteiger partial charge is 0.302 e. The molecule has 1 aliphatic carbocycles. The predicted octanol–water partition coefficient (Wildman–Crippen LogP) is 4.58. The van der Waals surface area contributed by atoms with Gasteiger partial charge in [0, 0.05) is 18.1 Å². The minimum Gasteiger partial charge on any atom is -0.302 e. The summed E-state index contributed by atoms with van der Waals surface area (Å²) in [6.45, 7) is 2.04. The van der Waals surface area contributed by atoms with Gasteiger partial charge in [0.1, 0.15) is 6.29 Å². The van der Waals surface area contributed by atoms with Crippen molar-refractivity contribution in [3.05, 3.63) is 65.2 Å². The van der Waals surface area contributed by atoms with E-state index in [0.29, 0.717) is 18.2 Å². The fraction of sp³-hybridized carbons (Fsp3) is 0.480. The zero-order valence-electron chi connectivity index (χ0n) is 18.4. The van der Waals surface area contributed by atoms with Gasteiger partial charge < -0.3 is 4.79 Å². The molecule has 2 aromatic rings. The lowest BCUT2D eigenvalue weighted by atomic mass is 9.66. The lowest BCUT2D eigenvalue weighted by Gasteiger charge is -2.47. The Bertz CT molecular complexity index is 1030. The molecule has 0 bridgehead atoms. The van der Waals surface area contributed by atoms with Gasteiger partial charge >= 0.3 is 0 Å². The highest BCUT2D eigenvalue weighted by Gasteiger charge is 2.42. The van der Waals surface area contributed by atoms with Gasteiger partial charge in [0.05, 0.1) is 18.0 Å². The quantitative estimate of drug-likeness (QED) is 0.525. The van der Waals surface area contributed by atoms with E-state index in [1.54, 1.807) is 0 Å². The number of nitrogens with zero attached hydrogens (tertiary/aromatic N) is 2. The van der Waals surface area contributed by atoms with E-state index >= 15 is 0 Å². The lowest BCUT2D eigenvalue weighted by Crippen LogP contribution is -2.52. The Kier molecular flexibility index (Phi) is 7.23. The van der Waals surface area contributed by atoms with Gasteiger partial charge in [-0.25, -0.2) is 8.42 Å². The zero-order chi connectivity index (χ0) is 22.7. The van der Waals surface area contributed by atoms with Crippen LogP contribution >= 0.6 is 11.6 Å². The van der Waals surface area contributed by atoms with Crippen LogP contribution in [0, 0.1) is 11.8 Å². The highest BCUT2D eigenvalue weighted by molar-refractivity contribution is 7.92. The Morgan fingerprint density at radius 1 is 1.09 bits per heavy atom. The highest BCUT2D eigenvalue weighted by Crippen LogP contribution is 2.47. The van der Waals surface area contributed by atoms with Crippen LogP contribution in [0.1, 0.15) is 37.2 Å². The summed E-state index contributed by atoms with van der Waals surface area (Å²) in [5, 5.41) is 0.773. The van der Waals surface area contributed by atoms with Crippen LogP contribution in [-0.2, 0) is 14.8 Å². The van der Waals surface area contributed by atoms with Crippen molar-refractivity contribution in [3.63, 3.8) is 0 Å². The molecule has 4 rings (SSSR count). The Balaban J connectivity index is 1.48. The number of anilines is 1. The topological polar surface area (TPSA) is 57.7 Å². The normalized spacial score (nSPS) is 25.0. The summed E-state index contributed by atoms with van der Waals surface area (Å²) in [6.07, 6.45) is 6.34. The second kappa shape index (κ2) is 9.94. The van der Waals surface area contributed by atoms with Crippen LogP contribution in [0.15, 0.2) is 54.6 Å². The maximum Gasteiger partial charge on any atom is 0.232 e. The maximum atomic E-state index is 12.5. The number of halogens is 1. The molecule has 0 aromatic heterocycles. The molecule has 2 aliphatic rings. The van der Waals surface area contributed by atoms with Crippen LogP contribution in [0.2, 0.25) is 5.02 Å². The molecule has 2 fully saturated rings. The third-order valence-electron chi connectivity index (χ3n) is 7.05. The van der Waals surface area contributed by atoms with Gasteiger partial charge in [0.15, 0.2) is 0 Å². The molecule has 1 saturated carbocycles. The maximum absolute atomic E-state index is 12.5. The summed E-state index contributed by atoms with van der Waals surface area (Å²) in [5.74, 6) is 0.738. The second-order valence-electron chi connectivity index (χ2n) is 9.13. The number of para-hydroxylation sites is 1. The van der Waals surface area contributed by atoms with Crippen molar-refractivity contribution in [1.29, 1.82) is 0 Å². The molecule has 0 amide bonds. The number of likely N-dealkylation sites (tertiary alicyclic amines) is 1. The first-order valence-electron chi connectivity index (χ1n) is 11.3. The Hall–Kier alpha value is -1.89. The number of hydrogen-bond donors (Lipinski definition) is 0. The molecular weight excluding hydrogens is 444 g/mol. The van der Waals surface area contributed by atoms with Crippen LogP contribution < -0.4 is 4.31 Å². The first-order chi connectivity index (χ1) is 15.4. The third kappa shape index (κ3) is 5.03. The summed E-state index contributed by atoms with van der Waals surface area (Å²) in [4.78, 5) is 14.5. The number of carbonyl (C=O) groups is 1. The first-order valence-corrected chi connectivity index (χ1v) is 13.6. The molecule has 2 aromatic carbocycles. The van der Waals surface area contributed by atoms with E-state index in [-0.39, 0.29) is 17.9 Å². The second-order valence-corrected chi connectivity index (χ2v) is 11.4. The number of aldehydes is 1. The van der Waals surface area contributed by atoms with Gasteiger partial charge in [-0.1, -0.05) is 48.0 Å². The standard InChI is InChI=1S/C25H31ClN2O3S/c1-32(30,31)28(20-9-3-2-4-10-20)17-19-8-7-15-27(16-19)25(18-29)23-14-13-21(23)22-11-5-6-12-24(22)26/h2-6,9-12,18-19,21,23,25H,7-8,13-17H2,1H3. The van der Waals surface area contributed by atoms with Crippen LogP contribution in [-0.4, -0.2) is 51.5 Å². The molecule has 172 valence electrons. The molecule has 32 heavy (non-hydrogen) atoms. The summed E-state index contributed by atoms with van der Waals surface area (Å²) in [6, 6.07) is 17.0. The molecule has 1 saturated heterocycles. The first kappa shape index (κ1) is 23.3. The minimum atomic E-state index is -3.39. The fourth-order valence-corrected chi connectivity index (χ4v) is 6.59. The van der Waals surface area contributed by atoms with Crippen molar-refractivity contribution in [3.8, 4) is 0 Å². The monoisotopic (exact) mass is 474 g/mol. The molecule has 4 unspecified atom stereocenters. The van der Waals surface area contributed by atoms with Gasteiger partial charge in [0.25, 0.3) is 0 Å². The number of sulfonamides is 1. The summed E-state index contributed by atoms with van der Waals surface area (Å²) in [5.41, 5.74) is 1.83. The van der Waals surface area contributed by atoms with E-state index in [0.717, 1.165) is 55.6 Å². The molecule has 0 N–H and O–H groups in total. The van der Waals surface area contributed by atoms with Gasteiger partial charge in [0.2, 0.25) is 10.0 Å². The molecule has 1 heterocycles. The fourth-order valence-electron chi connectivity index (χ4n) is 5.33. The van der Waals surface area contributed by atoms with Crippen molar-refractivity contribution in [2.24, 2.45) is 11.8 Å². The number of rotatable bonds is 8. The predicted molar refractivity (Wildman–Crippen MR) is 130 cm³/mol. The van der Waals surface area contributed by atoms with Crippen LogP contribution in [0.25, 0.3) is 0 Å². The van der Waals surface area contributed by atoms with E-state index in [1.807, 2.05) is 48.5 Å². The minimum absolute atomic E-state index is 0.156. The van der Waals surface area contributed by atoms with Crippen molar-refractivity contribution in [2.45, 2.75) is 37.6 Å². The number of carbonyl (C=O) groups excluding carboxylic acids is 1. The molecular formula is C25H31ClN2O3S. The number of piperidine rings is 1. The van der Waals surface area contributed by atoms with E-state index in [1.165, 1.54) is 10.6 Å². The smallest absolute Gasteiger partial charge is 0.232 e. The Morgan fingerprint density at radius 2 is 1.81 bits per heavy atom. The van der Waals surface area contributed by atoms with Crippen molar-refractivity contribution >= 4 is 33.6 Å². The summed E-state index contributed by atoms with van der Waals surface area (Å²) >= 11 is 6.45. The SMILES string of the molecule is CS(=O)(=O)N(CC1CCCN(C(C=O)C2CCC2c2ccccc2Cl)C1)c1ccccc1. The zero-order valence-corrected chi connectivity index (χ0v) is 20.0. The van der Waals surface area contributed by atoms with Gasteiger partial charge in [-0.15, -0.1) is 0 Å². The highest BCUT2D eigenvalue weighted by atomic mass is 35.5. The van der Waals surface area contributed by atoms with Crippen molar-refractivity contribution in [1.82, 2.24) is 4.90 Å². The number of hydrogen-bond acceptors (Lipinski definition) is 4. The van der Waals surface area contributed by atoms with E-state index < -0.39 is 10.0 Å². The molecule has 5 nitrogen and oxygen atoms in total. The van der Waals surface area contributed by atoms with Crippen LogP contribution in [0.4, 0.5) is 5.69 Å². The van der Waals surface area contributed by atoms with E-state index in [2.05, 4.69) is 11.0 Å². The van der Waals surface area contributed by atoms with Gasteiger partial charge in [-0.05, 0) is 73.7 Å². The van der Waals surface area contributed by atoms with Gasteiger partial charge in [-0.2, -0.15) is 0 Å². The summed E-state index contributed by atoms with van der Waals surface area (Å²) < 4.78 is 26.5. The van der Waals surface area contributed by atoms with Gasteiger partial charge in [-0.3, -0.25) is 9.21 Å². The van der Waals surface area contributed by atoms with E-state index in [9.17, 15) is 13.2 Å². The van der Waals surface area contributed by atoms with E-state index in [4.69, 9.17) is 11.6 Å². The van der Waals surface area contributed by atoms with Crippen molar-refractivity contribution in [2.75, 3.05) is 30.2 Å². The molecule has 1 aliphatic heterocycles.